The summed E-state index contributed by atoms with van der Waals surface area (Å²) in [5.74, 6) is 0.518. The third-order valence-electron chi connectivity index (χ3n) is 7.02. The molecule has 2 fully saturated rings. The van der Waals surface area contributed by atoms with Gasteiger partial charge in [0.05, 0.1) is 36.9 Å². The van der Waals surface area contributed by atoms with Crippen LogP contribution in [0.25, 0.3) is 22.4 Å². The molecular weight excluding hydrogens is 507 g/mol. The molecule has 2 aliphatic rings. The zero-order chi connectivity index (χ0) is 27.4. The Kier molecular flexibility index (Phi) is 8.17. The average Bonchev–Trinajstić information content (AvgIpc) is 3.36. The van der Waals surface area contributed by atoms with Crippen LogP contribution in [-0.2, 0) is 9.53 Å². The number of halogens is 1. The molecule has 1 atom stereocenters. The van der Waals surface area contributed by atoms with Crippen LogP contribution in [0.5, 0.6) is 0 Å². The minimum Gasteiger partial charge on any atom is -0.480 e. The standard InChI is InChI=1S/C26H33FN8O4/c1-17-15-34(12-13-39-17)24-21-14-29-35(20-6-10-33(11-7-20)16-22(36)37)25(21)32-23(31-24)18-2-4-19(5-3-18)30-26(38)28-9-8-27/h2-5,14,17,20H,6-13,15-16H2,1H3,(H,36,37)(H2,28,30,38). The summed E-state index contributed by atoms with van der Waals surface area (Å²) in [4.78, 5) is 37.0. The molecule has 0 radical (unpaired) electrons. The van der Waals surface area contributed by atoms with Crippen LogP contribution in [0.15, 0.2) is 30.5 Å². The first-order valence-electron chi connectivity index (χ1n) is 13.2. The summed E-state index contributed by atoms with van der Waals surface area (Å²) in [5.41, 5.74) is 2.08. The van der Waals surface area contributed by atoms with Crippen molar-refractivity contribution in [1.82, 2.24) is 30.0 Å². The van der Waals surface area contributed by atoms with Gasteiger partial charge in [0.25, 0.3) is 0 Å². The number of morpholine rings is 1. The van der Waals surface area contributed by atoms with Crippen molar-refractivity contribution >= 4 is 34.5 Å². The van der Waals surface area contributed by atoms with Crippen LogP contribution >= 0.6 is 0 Å². The lowest BCUT2D eigenvalue weighted by Gasteiger charge is -2.33. The summed E-state index contributed by atoms with van der Waals surface area (Å²) in [7, 11) is 0. The number of carbonyl (C=O) groups excluding carboxylic acids is 1. The molecule has 0 saturated carbocycles. The molecule has 5 rings (SSSR count). The quantitative estimate of drug-likeness (QED) is 0.394. The number of aromatic nitrogens is 4. The second-order valence-corrected chi connectivity index (χ2v) is 9.87. The van der Waals surface area contributed by atoms with Crippen molar-refractivity contribution in [3.8, 4) is 11.4 Å². The van der Waals surface area contributed by atoms with E-state index in [1.807, 2.05) is 34.8 Å². The van der Waals surface area contributed by atoms with Gasteiger partial charge in [-0.3, -0.25) is 9.69 Å². The first kappa shape index (κ1) is 26.8. The summed E-state index contributed by atoms with van der Waals surface area (Å²) in [5, 5.41) is 19.8. The fraction of sp³-hybridized carbons (Fsp3) is 0.500. The predicted octanol–water partition coefficient (Wildman–Crippen LogP) is 2.53. The molecule has 39 heavy (non-hydrogen) atoms. The molecular formula is C26H33FN8O4. The first-order valence-corrected chi connectivity index (χ1v) is 13.2. The predicted molar refractivity (Wildman–Crippen MR) is 144 cm³/mol. The summed E-state index contributed by atoms with van der Waals surface area (Å²) in [6.45, 7) is 4.75. The van der Waals surface area contributed by atoms with E-state index in [-0.39, 0.29) is 25.2 Å². The number of rotatable bonds is 8. The van der Waals surface area contributed by atoms with Gasteiger partial charge in [-0.05, 0) is 44.0 Å². The topological polar surface area (TPSA) is 138 Å². The fourth-order valence-corrected chi connectivity index (χ4v) is 5.11. The highest BCUT2D eigenvalue weighted by Crippen LogP contribution is 2.32. The Morgan fingerprint density at radius 2 is 1.92 bits per heavy atom. The largest absolute Gasteiger partial charge is 0.480 e. The lowest BCUT2D eigenvalue weighted by molar-refractivity contribution is -0.138. The van der Waals surface area contributed by atoms with Gasteiger partial charge in [-0.25, -0.2) is 23.8 Å². The molecule has 13 heteroatoms. The highest BCUT2D eigenvalue weighted by Gasteiger charge is 2.27. The number of anilines is 2. The summed E-state index contributed by atoms with van der Waals surface area (Å²) < 4.78 is 20.0. The number of hydrogen-bond donors (Lipinski definition) is 3. The molecule has 2 amide bonds. The Labute approximate surface area is 225 Å². The molecule has 2 saturated heterocycles. The van der Waals surface area contributed by atoms with Gasteiger partial charge in [0.15, 0.2) is 11.5 Å². The molecule has 0 bridgehead atoms. The SMILES string of the molecule is CC1CN(c2nc(-c3ccc(NC(=O)NCCF)cc3)nc3c2cnn3C2CCN(CC(=O)O)CC2)CCO1. The smallest absolute Gasteiger partial charge is 0.319 e. The van der Waals surface area contributed by atoms with Crippen molar-refractivity contribution in [3.63, 3.8) is 0 Å². The van der Waals surface area contributed by atoms with Crippen LogP contribution in [0.3, 0.4) is 0 Å². The van der Waals surface area contributed by atoms with Gasteiger partial charge >= 0.3 is 12.0 Å². The number of benzene rings is 1. The molecule has 2 aliphatic heterocycles. The summed E-state index contributed by atoms with van der Waals surface area (Å²) in [6.07, 6.45) is 3.44. The van der Waals surface area contributed by atoms with E-state index in [1.165, 1.54) is 0 Å². The maximum atomic E-state index is 12.3. The first-order chi connectivity index (χ1) is 18.9. The zero-order valence-corrected chi connectivity index (χ0v) is 21.8. The molecule has 1 unspecified atom stereocenters. The van der Waals surface area contributed by atoms with Crippen LogP contribution in [0, 0.1) is 0 Å². The number of aliphatic carboxylic acids is 1. The molecule has 3 aromatic rings. The average molecular weight is 541 g/mol. The molecule has 1 aromatic carbocycles. The molecule has 208 valence electrons. The van der Waals surface area contributed by atoms with Crippen molar-refractivity contribution in [1.29, 1.82) is 0 Å². The van der Waals surface area contributed by atoms with Crippen LogP contribution in [-0.4, -0.2) is 100 Å². The molecule has 4 heterocycles. The van der Waals surface area contributed by atoms with E-state index in [0.29, 0.717) is 44.3 Å². The van der Waals surface area contributed by atoms with Gasteiger partial charge < -0.3 is 25.4 Å². The second kappa shape index (κ2) is 11.9. The van der Waals surface area contributed by atoms with Crippen LogP contribution in [0.2, 0.25) is 0 Å². The number of amides is 2. The third-order valence-corrected chi connectivity index (χ3v) is 7.02. The Morgan fingerprint density at radius 3 is 2.62 bits per heavy atom. The van der Waals surface area contributed by atoms with Crippen molar-refractivity contribution < 1.29 is 23.8 Å². The molecule has 12 nitrogen and oxygen atoms in total. The van der Waals surface area contributed by atoms with Gasteiger partial charge in [0.2, 0.25) is 0 Å². The highest BCUT2D eigenvalue weighted by atomic mass is 19.1. The van der Waals surface area contributed by atoms with E-state index in [4.69, 9.17) is 24.9 Å². The van der Waals surface area contributed by atoms with Gasteiger partial charge in [0.1, 0.15) is 12.5 Å². The number of alkyl halides is 1. The minimum absolute atomic E-state index is 0.0423. The summed E-state index contributed by atoms with van der Waals surface area (Å²) in [6, 6.07) is 6.81. The minimum atomic E-state index is -0.818. The van der Waals surface area contributed by atoms with Gasteiger partial charge in [-0.2, -0.15) is 5.10 Å². The highest BCUT2D eigenvalue weighted by molar-refractivity contribution is 5.90. The Morgan fingerprint density at radius 1 is 1.15 bits per heavy atom. The number of nitrogens with zero attached hydrogens (tertiary/aromatic N) is 6. The number of fused-ring (bicyclic) bond motifs is 1. The van der Waals surface area contributed by atoms with E-state index in [2.05, 4.69) is 15.5 Å². The van der Waals surface area contributed by atoms with E-state index < -0.39 is 18.7 Å². The Hall–Kier alpha value is -3.84. The van der Waals surface area contributed by atoms with Gasteiger partial charge in [-0.15, -0.1) is 0 Å². The second-order valence-electron chi connectivity index (χ2n) is 9.87. The van der Waals surface area contributed by atoms with E-state index >= 15 is 0 Å². The number of carboxylic acids is 1. The van der Waals surface area contributed by atoms with Crippen LogP contribution in [0.4, 0.5) is 20.7 Å². The van der Waals surface area contributed by atoms with Crippen LogP contribution < -0.4 is 15.5 Å². The molecule has 2 aromatic heterocycles. The van der Waals surface area contributed by atoms with Crippen molar-refractivity contribution in [3.05, 3.63) is 30.5 Å². The number of piperidine rings is 1. The number of carboxylic acid groups (broad SMARTS) is 1. The zero-order valence-electron chi connectivity index (χ0n) is 21.8. The normalized spacial score (nSPS) is 18.8. The van der Waals surface area contributed by atoms with Crippen molar-refractivity contribution in [2.75, 3.05) is 62.8 Å². The Bertz CT molecular complexity index is 1310. The molecule has 0 spiro atoms. The Balaban J connectivity index is 1.46. The van der Waals surface area contributed by atoms with Gasteiger partial charge in [0, 0.05) is 44.0 Å². The number of hydrogen-bond acceptors (Lipinski definition) is 8. The molecule has 3 N–H and O–H groups in total. The van der Waals surface area contributed by atoms with Crippen LogP contribution in [0.1, 0.15) is 25.8 Å². The number of urea groups is 1. The number of carbonyl (C=O) groups is 2. The fourth-order valence-electron chi connectivity index (χ4n) is 5.11. The van der Waals surface area contributed by atoms with E-state index in [0.717, 1.165) is 35.3 Å². The lowest BCUT2D eigenvalue weighted by atomic mass is 10.1. The van der Waals surface area contributed by atoms with Crippen molar-refractivity contribution in [2.24, 2.45) is 0 Å². The van der Waals surface area contributed by atoms with E-state index in [9.17, 15) is 14.0 Å². The van der Waals surface area contributed by atoms with Gasteiger partial charge in [-0.1, -0.05) is 0 Å². The monoisotopic (exact) mass is 540 g/mol. The number of likely N-dealkylation sites (tertiary alicyclic amines) is 1. The lowest BCUT2D eigenvalue weighted by Crippen LogP contribution is -2.41. The third kappa shape index (κ3) is 6.25. The molecule has 0 aliphatic carbocycles. The van der Waals surface area contributed by atoms with E-state index in [1.54, 1.807) is 12.1 Å². The number of nitrogens with one attached hydrogen (secondary N) is 2. The summed E-state index contributed by atoms with van der Waals surface area (Å²) >= 11 is 0. The number of ether oxygens (including phenoxy) is 1. The maximum Gasteiger partial charge on any atom is 0.319 e. The maximum absolute atomic E-state index is 12.3. The van der Waals surface area contributed by atoms with Crippen molar-refractivity contribution in [2.45, 2.75) is 31.9 Å².